The van der Waals surface area contributed by atoms with Crippen molar-refractivity contribution in [1.29, 1.82) is 0 Å². The summed E-state index contributed by atoms with van der Waals surface area (Å²) >= 11 is 1.89. The average Bonchev–Trinajstić information content (AvgIpc) is 2.48. The zero-order valence-corrected chi connectivity index (χ0v) is 9.86. The molecule has 1 fully saturated rings. The predicted molar refractivity (Wildman–Crippen MR) is 59.8 cm³/mol. The largest absolute Gasteiger partial charge is 0.480 e. The van der Waals surface area contributed by atoms with Gasteiger partial charge in [0, 0.05) is 5.25 Å². The number of nitrogens with one attached hydrogen (secondary N) is 1. The summed E-state index contributed by atoms with van der Waals surface area (Å²) in [6.07, 6.45) is 2.51. The number of carboxylic acids is 1. The van der Waals surface area contributed by atoms with Gasteiger partial charge in [0.2, 0.25) is 0 Å². The SMILES string of the molecule is CNC1(C(=O)O)CCC(SC(C)C)C1. The van der Waals surface area contributed by atoms with Crippen LogP contribution in [0.4, 0.5) is 0 Å². The first kappa shape index (κ1) is 11.9. The number of aliphatic carboxylic acids is 1. The maximum atomic E-state index is 11.1. The number of likely N-dealkylation sites (N-methyl/N-ethyl adjacent to an activating group) is 1. The summed E-state index contributed by atoms with van der Waals surface area (Å²) < 4.78 is 0. The van der Waals surface area contributed by atoms with Crippen molar-refractivity contribution >= 4 is 17.7 Å². The Morgan fingerprint density at radius 2 is 2.29 bits per heavy atom. The Bertz CT molecular complexity index is 220. The minimum atomic E-state index is -0.702. The van der Waals surface area contributed by atoms with Crippen LogP contribution in [0.2, 0.25) is 0 Å². The van der Waals surface area contributed by atoms with Crippen molar-refractivity contribution in [1.82, 2.24) is 5.32 Å². The summed E-state index contributed by atoms with van der Waals surface area (Å²) in [7, 11) is 1.75. The molecule has 4 heteroatoms. The van der Waals surface area contributed by atoms with Crippen LogP contribution < -0.4 is 5.32 Å². The first-order chi connectivity index (χ1) is 6.50. The van der Waals surface area contributed by atoms with Crippen LogP contribution in [0.15, 0.2) is 0 Å². The Morgan fingerprint density at radius 3 is 2.64 bits per heavy atom. The Hall–Kier alpha value is -0.220. The molecule has 0 heterocycles. The van der Waals surface area contributed by atoms with E-state index in [2.05, 4.69) is 19.2 Å². The molecule has 14 heavy (non-hydrogen) atoms. The van der Waals surface area contributed by atoms with Gasteiger partial charge in [0.1, 0.15) is 5.54 Å². The molecule has 82 valence electrons. The minimum absolute atomic E-state index is 0.499. The van der Waals surface area contributed by atoms with Gasteiger partial charge in [-0.25, -0.2) is 0 Å². The zero-order valence-electron chi connectivity index (χ0n) is 9.04. The van der Waals surface area contributed by atoms with E-state index in [1.54, 1.807) is 7.05 Å². The third-order valence-electron chi connectivity index (χ3n) is 2.82. The lowest BCUT2D eigenvalue weighted by molar-refractivity contribution is -0.144. The maximum Gasteiger partial charge on any atom is 0.323 e. The molecule has 2 N–H and O–H groups in total. The second kappa shape index (κ2) is 4.53. The molecule has 0 spiro atoms. The highest BCUT2D eigenvalue weighted by Gasteiger charge is 2.44. The lowest BCUT2D eigenvalue weighted by Crippen LogP contribution is -2.48. The Labute approximate surface area is 89.6 Å². The van der Waals surface area contributed by atoms with Gasteiger partial charge in [-0.15, -0.1) is 0 Å². The van der Waals surface area contributed by atoms with E-state index < -0.39 is 11.5 Å². The van der Waals surface area contributed by atoms with Gasteiger partial charge in [0.15, 0.2) is 0 Å². The highest BCUT2D eigenvalue weighted by Crippen LogP contribution is 2.38. The number of hydrogen-bond donors (Lipinski definition) is 2. The molecule has 0 bridgehead atoms. The Kier molecular flexibility index (Phi) is 3.84. The lowest BCUT2D eigenvalue weighted by Gasteiger charge is -2.23. The fourth-order valence-corrected chi connectivity index (χ4v) is 3.43. The fraction of sp³-hybridized carbons (Fsp3) is 0.900. The second-order valence-electron chi connectivity index (χ2n) is 4.19. The topological polar surface area (TPSA) is 49.3 Å². The van der Waals surface area contributed by atoms with E-state index in [9.17, 15) is 4.79 Å². The molecule has 1 rings (SSSR count). The van der Waals surface area contributed by atoms with Crippen LogP contribution in [0, 0.1) is 0 Å². The quantitative estimate of drug-likeness (QED) is 0.753. The summed E-state index contributed by atoms with van der Waals surface area (Å²) in [6.45, 7) is 4.32. The summed E-state index contributed by atoms with van der Waals surface area (Å²) in [5.41, 5.74) is -0.660. The number of thioether (sulfide) groups is 1. The molecular weight excluding hydrogens is 198 g/mol. The Balaban J connectivity index is 2.57. The summed E-state index contributed by atoms with van der Waals surface area (Å²) in [4.78, 5) is 11.1. The normalized spacial score (nSPS) is 32.4. The zero-order chi connectivity index (χ0) is 10.8. The Morgan fingerprint density at radius 1 is 1.64 bits per heavy atom. The molecule has 1 aliphatic rings. The van der Waals surface area contributed by atoms with Gasteiger partial charge in [-0.3, -0.25) is 4.79 Å². The molecule has 0 aliphatic heterocycles. The van der Waals surface area contributed by atoms with E-state index in [-0.39, 0.29) is 0 Å². The molecule has 2 unspecified atom stereocenters. The molecule has 0 aromatic rings. The van der Waals surface area contributed by atoms with Gasteiger partial charge in [-0.2, -0.15) is 11.8 Å². The van der Waals surface area contributed by atoms with Crippen LogP contribution in [-0.2, 0) is 4.79 Å². The van der Waals surface area contributed by atoms with Crippen molar-refractivity contribution in [2.45, 2.75) is 49.1 Å². The van der Waals surface area contributed by atoms with Crippen LogP contribution >= 0.6 is 11.8 Å². The van der Waals surface area contributed by atoms with Gasteiger partial charge in [-0.1, -0.05) is 13.8 Å². The average molecular weight is 217 g/mol. The lowest BCUT2D eigenvalue weighted by atomic mass is 9.99. The maximum absolute atomic E-state index is 11.1. The molecule has 3 nitrogen and oxygen atoms in total. The van der Waals surface area contributed by atoms with Crippen LogP contribution in [0.25, 0.3) is 0 Å². The van der Waals surface area contributed by atoms with Crippen molar-refractivity contribution in [2.75, 3.05) is 7.05 Å². The monoisotopic (exact) mass is 217 g/mol. The first-order valence-electron chi connectivity index (χ1n) is 5.08. The third-order valence-corrected chi connectivity index (χ3v) is 4.15. The van der Waals surface area contributed by atoms with Crippen LogP contribution in [0.1, 0.15) is 33.1 Å². The van der Waals surface area contributed by atoms with Gasteiger partial charge in [0.05, 0.1) is 0 Å². The molecule has 0 radical (unpaired) electrons. The summed E-state index contributed by atoms with van der Waals surface area (Å²) in [5, 5.41) is 13.2. The molecule has 0 amide bonds. The second-order valence-corrected chi connectivity index (χ2v) is 6.07. The molecule has 0 aromatic heterocycles. The van der Waals surface area contributed by atoms with E-state index in [0.29, 0.717) is 10.5 Å². The van der Waals surface area contributed by atoms with E-state index >= 15 is 0 Å². The fourth-order valence-electron chi connectivity index (χ4n) is 2.03. The van der Waals surface area contributed by atoms with Crippen molar-refractivity contribution < 1.29 is 9.90 Å². The first-order valence-corrected chi connectivity index (χ1v) is 6.02. The van der Waals surface area contributed by atoms with Crippen LogP contribution in [-0.4, -0.2) is 34.2 Å². The summed E-state index contributed by atoms with van der Waals surface area (Å²) in [5.74, 6) is -0.702. The highest BCUT2D eigenvalue weighted by atomic mass is 32.2. The molecule has 0 saturated heterocycles. The minimum Gasteiger partial charge on any atom is -0.480 e. The van der Waals surface area contributed by atoms with Gasteiger partial charge in [0.25, 0.3) is 0 Å². The molecule has 1 aliphatic carbocycles. The number of carboxylic acid groups (broad SMARTS) is 1. The van der Waals surface area contributed by atoms with E-state index in [1.165, 1.54) is 0 Å². The van der Waals surface area contributed by atoms with Crippen molar-refractivity contribution in [2.24, 2.45) is 0 Å². The molecule has 0 aromatic carbocycles. The standard InChI is InChI=1S/C10H19NO2S/c1-7(2)14-8-4-5-10(6-8,11-3)9(12)13/h7-8,11H,4-6H2,1-3H3,(H,12,13). The van der Waals surface area contributed by atoms with E-state index in [0.717, 1.165) is 19.3 Å². The predicted octanol–water partition coefficient (Wildman–Crippen LogP) is 1.72. The van der Waals surface area contributed by atoms with Crippen molar-refractivity contribution in [3.05, 3.63) is 0 Å². The van der Waals surface area contributed by atoms with Crippen LogP contribution in [0.5, 0.6) is 0 Å². The van der Waals surface area contributed by atoms with Crippen molar-refractivity contribution in [3.63, 3.8) is 0 Å². The summed E-state index contributed by atoms with van der Waals surface area (Å²) in [6, 6.07) is 0. The van der Waals surface area contributed by atoms with Crippen LogP contribution in [0.3, 0.4) is 0 Å². The molecule has 2 atom stereocenters. The number of rotatable bonds is 4. The van der Waals surface area contributed by atoms with Gasteiger partial charge in [-0.05, 0) is 31.6 Å². The molecular formula is C10H19NO2S. The number of hydrogen-bond acceptors (Lipinski definition) is 3. The molecule has 1 saturated carbocycles. The third kappa shape index (κ3) is 2.42. The van der Waals surface area contributed by atoms with Gasteiger partial charge >= 0.3 is 5.97 Å². The van der Waals surface area contributed by atoms with E-state index in [4.69, 9.17) is 5.11 Å². The smallest absolute Gasteiger partial charge is 0.323 e. The van der Waals surface area contributed by atoms with Gasteiger partial charge < -0.3 is 10.4 Å². The van der Waals surface area contributed by atoms with E-state index in [1.807, 2.05) is 11.8 Å². The highest BCUT2D eigenvalue weighted by molar-refractivity contribution is 8.00. The number of carbonyl (C=O) groups is 1. The van der Waals surface area contributed by atoms with Crippen molar-refractivity contribution in [3.8, 4) is 0 Å².